The summed E-state index contributed by atoms with van der Waals surface area (Å²) in [6.45, 7) is 0. The fourth-order valence-corrected chi connectivity index (χ4v) is 2.01. The summed E-state index contributed by atoms with van der Waals surface area (Å²) in [5.41, 5.74) is 0.108. The topological polar surface area (TPSA) is 69.7 Å². The Bertz CT molecular complexity index is 370. The highest BCUT2D eigenvalue weighted by molar-refractivity contribution is 6.09. The number of methoxy groups -OCH3 is 2. The molecule has 0 N–H and O–H groups in total. The Morgan fingerprint density at radius 2 is 1.89 bits per heavy atom. The van der Waals surface area contributed by atoms with E-state index in [0.717, 1.165) is 19.3 Å². The monoisotopic (exact) mass is 254 g/mol. The van der Waals surface area contributed by atoms with Gasteiger partial charge in [0.2, 0.25) is 0 Å². The zero-order valence-corrected chi connectivity index (χ0v) is 10.7. The highest BCUT2D eigenvalue weighted by atomic mass is 16.5. The molecule has 1 rings (SSSR count). The van der Waals surface area contributed by atoms with Gasteiger partial charge in [0.1, 0.15) is 5.92 Å². The maximum atomic E-state index is 12.0. The highest BCUT2D eigenvalue weighted by Gasteiger charge is 2.35. The smallest absolute Gasteiger partial charge is 0.334 e. The van der Waals surface area contributed by atoms with Crippen molar-refractivity contribution in [2.45, 2.75) is 32.1 Å². The molecule has 0 fully saturated rings. The quantitative estimate of drug-likeness (QED) is 0.550. The van der Waals surface area contributed by atoms with E-state index < -0.39 is 17.9 Å². The van der Waals surface area contributed by atoms with Crippen molar-refractivity contribution in [1.29, 1.82) is 0 Å². The van der Waals surface area contributed by atoms with Gasteiger partial charge in [0.25, 0.3) is 0 Å². The van der Waals surface area contributed by atoms with Crippen LogP contribution in [0.2, 0.25) is 0 Å². The van der Waals surface area contributed by atoms with Crippen molar-refractivity contribution in [3.63, 3.8) is 0 Å². The summed E-state index contributed by atoms with van der Waals surface area (Å²) in [7, 11) is 2.44. The molecule has 0 saturated heterocycles. The molecule has 1 atom stereocenters. The molecule has 0 aromatic rings. The zero-order valence-electron chi connectivity index (χ0n) is 10.7. The second-order valence-electron chi connectivity index (χ2n) is 4.17. The van der Waals surface area contributed by atoms with Gasteiger partial charge in [-0.1, -0.05) is 12.5 Å². The van der Waals surface area contributed by atoms with Crippen LogP contribution in [0, 0.1) is 5.92 Å². The van der Waals surface area contributed by atoms with E-state index in [4.69, 9.17) is 0 Å². The second kappa shape index (κ2) is 6.93. The fourth-order valence-electron chi connectivity index (χ4n) is 2.01. The average molecular weight is 254 g/mol. The first-order chi connectivity index (χ1) is 8.61. The largest absolute Gasteiger partial charge is 0.468 e. The van der Waals surface area contributed by atoms with Crippen molar-refractivity contribution >= 4 is 17.7 Å². The molecule has 1 aliphatic rings. The zero-order chi connectivity index (χ0) is 13.5. The summed E-state index contributed by atoms with van der Waals surface area (Å²) in [4.78, 5) is 35.4. The molecule has 0 aliphatic heterocycles. The summed E-state index contributed by atoms with van der Waals surface area (Å²) in [5, 5.41) is 0. The number of Topliss-reactive ketones (excluding diaryl/α,β-unsaturated/α-hetero) is 1. The molecule has 18 heavy (non-hydrogen) atoms. The van der Waals surface area contributed by atoms with E-state index in [0.29, 0.717) is 6.42 Å². The molecule has 0 heterocycles. The van der Waals surface area contributed by atoms with Crippen LogP contribution in [0.3, 0.4) is 0 Å². The average Bonchev–Trinajstić information content (AvgIpc) is 2.47. The highest BCUT2D eigenvalue weighted by Crippen LogP contribution is 2.22. The first-order valence-corrected chi connectivity index (χ1v) is 6.00. The Labute approximate surface area is 106 Å². The van der Waals surface area contributed by atoms with Gasteiger partial charge in [-0.3, -0.25) is 9.59 Å². The Kier molecular flexibility index (Phi) is 5.55. The van der Waals surface area contributed by atoms with Gasteiger partial charge in [0.15, 0.2) is 5.78 Å². The van der Waals surface area contributed by atoms with Gasteiger partial charge in [0, 0.05) is 6.42 Å². The summed E-state index contributed by atoms with van der Waals surface area (Å²) < 4.78 is 9.25. The van der Waals surface area contributed by atoms with Gasteiger partial charge in [0.05, 0.1) is 19.8 Å². The van der Waals surface area contributed by atoms with Crippen molar-refractivity contribution in [1.82, 2.24) is 0 Å². The SMILES string of the molecule is COC(=O)/C1=C/CCCCCC(=O)[C@H]1C(=O)OC. The number of ketones is 1. The summed E-state index contributed by atoms with van der Waals surface area (Å²) in [6.07, 6.45) is 5.09. The lowest BCUT2D eigenvalue weighted by atomic mass is 9.92. The van der Waals surface area contributed by atoms with Crippen molar-refractivity contribution in [3.8, 4) is 0 Å². The number of esters is 2. The molecular formula is C13H18O5. The maximum Gasteiger partial charge on any atom is 0.334 e. The Morgan fingerprint density at radius 3 is 2.50 bits per heavy atom. The van der Waals surface area contributed by atoms with E-state index in [1.165, 1.54) is 14.2 Å². The van der Waals surface area contributed by atoms with Crippen molar-refractivity contribution < 1.29 is 23.9 Å². The lowest BCUT2D eigenvalue weighted by Gasteiger charge is -2.15. The van der Waals surface area contributed by atoms with Gasteiger partial charge in [-0.25, -0.2) is 4.79 Å². The van der Waals surface area contributed by atoms with E-state index in [2.05, 4.69) is 9.47 Å². The van der Waals surface area contributed by atoms with Crippen molar-refractivity contribution in [3.05, 3.63) is 11.6 Å². The summed E-state index contributed by atoms with van der Waals surface area (Å²) in [5.74, 6) is -2.75. The second-order valence-corrected chi connectivity index (χ2v) is 4.17. The van der Waals surface area contributed by atoms with Crippen LogP contribution in [0.1, 0.15) is 32.1 Å². The van der Waals surface area contributed by atoms with Gasteiger partial charge in [-0.15, -0.1) is 0 Å². The molecule has 0 aromatic heterocycles. The number of carbonyl (C=O) groups excluding carboxylic acids is 3. The normalized spacial score (nSPS) is 24.0. The van der Waals surface area contributed by atoms with Crippen LogP contribution < -0.4 is 0 Å². The van der Waals surface area contributed by atoms with Crippen LogP contribution in [-0.2, 0) is 23.9 Å². The first kappa shape index (κ1) is 14.4. The van der Waals surface area contributed by atoms with E-state index in [1.54, 1.807) is 6.08 Å². The van der Waals surface area contributed by atoms with Gasteiger partial charge < -0.3 is 9.47 Å². The standard InChI is InChI=1S/C13H18O5/c1-17-12(15)9-7-5-3-4-6-8-10(14)11(9)13(16)18-2/h7,11H,3-6,8H2,1-2H3/b9-7+/t11-/m0/s1. The number of allylic oxidation sites excluding steroid dienone is 1. The first-order valence-electron chi connectivity index (χ1n) is 6.00. The lowest BCUT2D eigenvalue weighted by Crippen LogP contribution is -2.30. The predicted octanol–water partition coefficient (Wildman–Crippen LogP) is 1.41. The minimum absolute atomic E-state index is 0.108. The minimum Gasteiger partial charge on any atom is -0.468 e. The lowest BCUT2D eigenvalue weighted by molar-refractivity contribution is -0.151. The third-order valence-corrected chi connectivity index (χ3v) is 2.98. The molecule has 0 saturated carbocycles. The van der Waals surface area contributed by atoms with E-state index in [1.807, 2.05) is 0 Å². The van der Waals surface area contributed by atoms with Gasteiger partial charge in [-0.05, 0) is 19.3 Å². The molecule has 0 unspecified atom stereocenters. The fraction of sp³-hybridized carbons (Fsp3) is 0.615. The summed E-state index contributed by atoms with van der Waals surface area (Å²) >= 11 is 0. The van der Waals surface area contributed by atoms with Crippen LogP contribution in [0.5, 0.6) is 0 Å². The van der Waals surface area contributed by atoms with Gasteiger partial charge >= 0.3 is 11.9 Å². The Morgan fingerprint density at radius 1 is 1.17 bits per heavy atom. The third kappa shape index (κ3) is 3.42. The molecule has 0 aromatic carbocycles. The van der Waals surface area contributed by atoms with Crippen LogP contribution in [0.25, 0.3) is 0 Å². The van der Waals surface area contributed by atoms with Crippen LogP contribution in [0.4, 0.5) is 0 Å². The van der Waals surface area contributed by atoms with E-state index in [9.17, 15) is 14.4 Å². The summed E-state index contributed by atoms with van der Waals surface area (Å²) in [6, 6.07) is 0. The molecule has 5 heteroatoms. The number of rotatable bonds is 2. The minimum atomic E-state index is -1.14. The van der Waals surface area contributed by atoms with Crippen LogP contribution in [0.15, 0.2) is 11.6 Å². The molecular weight excluding hydrogens is 236 g/mol. The van der Waals surface area contributed by atoms with Crippen LogP contribution in [-0.4, -0.2) is 31.9 Å². The molecule has 0 spiro atoms. The van der Waals surface area contributed by atoms with Crippen molar-refractivity contribution in [2.75, 3.05) is 14.2 Å². The number of hydrogen-bond donors (Lipinski definition) is 0. The van der Waals surface area contributed by atoms with Crippen LogP contribution >= 0.6 is 0 Å². The van der Waals surface area contributed by atoms with Gasteiger partial charge in [-0.2, -0.15) is 0 Å². The number of carbonyl (C=O) groups is 3. The molecule has 1 aliphatic carbocycles. The molecule has 0 amide bonds. The Hall–Kier alpha value is -1.65. The maximum absolute atomic E-state index is 12.0. The van der Waals surface area contributed by atoms with E-state index in [-0.39, 0.29) is 17.8 Å². The van der Waals surface area contributed by atoms with E-state index >= 15 is 0 Å². The van der Waals surface area contributed by atoms with Crippen molar-refractivity contribution in [2.24, 2.45) is 5.92 Å². The molecule has 0 radical (unpaired) electrons. The molecule has 0 bridgehead atoms. The molecule has 100 valence electrons. The predicted molar refractivity (Wildman–Crippen MR) is 63.7 cm³/mol. The number of ether oxygens (including phenoxy) is 2. The molecule has 5 nitrogen and oxygen atoms in total. The third-order valence-electron chi connectivity index (χ3n) is 2.98. The Balaban J connectivity index is 3.10. The number of hydrogen-bond acceptors (Lipinski definition) is 5.